The molecular formula is C25H26N2O3S. The summed E-state index contributed by atoms with van der Waals surface area (Å²) < 4.78 is 28.7. The number of amides is 1. The molecule has 0 bridgehead atoms. The van der Waals surface area contributed by atoms with E-state index in [9.17, 15) is 13.2 Å². The highest BCUT2D eigenvalue weighted by molar-refractivity contribution is 7.92. The lowest BCUT2D eigenvalue weighted by atomic mass is 9.91. The summed E-state index contributed by atoms with van der Waals surface area (Å²) in [6.45, 7) is 5.38. The summed E-state index contributed by atoms with van der Waals surface area (Å²) in [5, 5.41) is 0. The van der Waals surface area contributed by atoms with Crippen molar-refractivity contribution in [1.29, 1.82) is 0 Å². The standard InChI is InChI=1S/C25H26N2O3S/c1-18-13-15-22(16-14-18)31(29,30)27-19(2)17-25(23-11-7-8-12-24(23)27)26(20(3)28)21-9-5-4-6-10-21/h4-16,19,25H,17H2,1-3H3. The van der Waals surface area contributed by atoms with Crippen LogP contribution in [0.15, 0.2) is 83.8 Å². The van der Waals surface area contributed by atoms with E-state index in [2.05, 4.69) is 0 Å². The molecule has 0 fully saturated rings. The number of rotatable bonds is 4. The maximum Gasteiger partial charge on any atom is 0.264 e. The van der Waals surface area contributed by atoms with E-state index in [4.69, 9.17) is 0 Å². The largest absolute Gasteiger partial charge is 0.305 e. The highest BCUT2D eigenvalue weighted by Gasteiger charge is 2.40. The Labute approximate surface area is 184 Å². The van der Waals surface area contributed by atoms with Gasteiger partial charge in [0, 0.05) is 18.7 Å². The number of nitrogens with zero attached hydrogens (tertiary/aromatic N) is 2. The number of sulfonamides is 1. The van der Waals surface area contributed by atoms with Crippen LogP contribution in [0.5, 0.6) is 0 Å². The first-order chi connectivity index (χ1) is 14.8. The first kappa shape index (κ1) is 21.1. The van der Waals surface area contributed by atoms with E-state index >= 15 is 0 Å². The second-order valence-electron chi connectivity index (χ2n) is 8.00. The highest BCUT2D eigenvalue weighted by atomic mass is 32.2. The first-order valence-corrected chi connectivity index (χ1v) is 11.8. The minimum absolute atomic E-state index is 0.0759. The smallest absolute Gasteiger partial charge is 0.264 e. The summed E-state index contributed by atoms with van der Waals surface area (Å²) in [5.41, 5.74) is 3.26. The molecular weight excluding hydrogens is 408 g/mol. The number of anilines is 2. The maximum atomic E-state index is 13.6. The Morgan fingerprint density at radius 2 is 1.55 bits per heavy atom. The number of fused-ring (bicyclic) bond motifs is 1. The van der Waals surface area contributed by atoms with Crippen molar-refractivity contribution >= 4 is 27.3 Å². The normalized spacial score (nSPS) is 18.4. The Morgan fingerprint density at radius 3 is 2.19 bits per heavy atom. The molecule has 2 unspecified atom stereocenters. The fourth-order valence-electron chi connectivity index (χ4n) is 4.36. The molecule has 5 nitrogen and oxygen atoms in total. The molecule has 0 saturated heterocycles. The summed E-state index contributed by atoms with van der Waals surface area (Å²) in [4.78, 5) is 14.7. The van der Waals surface area contributed by atoms with E-state index in [0.29, 0.717) is 12.1 Å². The molecule has 160 valence electrons. The van der Waals surface area contributed by atoms with Crippen LogP contribution in [0.4, 0.5) is 11.4 Å². The van der Waals surface area contributed by atoms with Gasteiger partial charge >= 0.3 is 0 Å². The monoisotopic (exact) mass is 434 g/mol. The number of hydrogen-bond acceptors (Lipinski definition) is 3. The summed E-state index contributed by atoms with van der Waals surface area (Å²) in [6, 6.07) is 23.3. The fraction of sp³-hybridized carbons (Fsp3) is 0.240. The van der Waals surface area contributed by atoms with Gasteiger partial charge in [-0.15, -0.1) is 0 Å². The minimum atomic E-state index is -3.75. The van der Waals surface area contributed by atoms with Gasteiger partial charge in [0.05, 0.1) is 16.6 Å². The van der Waals surface area contributed by atoms with Gasteiger partial charge in [-0.1, -0.05) is 54.1 Å². The van der Waals surface area contributed by atoms with Crippen LogP contribution in [0.3, 0.4) is 0 Å². The lowest BCUT2D eigenvalue weighted by Crippen LogP contribution is -2.47. The number of para-hydroxylation sites is 2. The van der Waals surface area contributed by atoms with Crippen molar-refractivity contribution in [3.8, 4) is 0 Å². The van der Waals surface area contributed by atoms with Gasteiger partial charge in [-0.3, -0.25) is 9.10 Å². The zero-order valence-electron chi connectivity index (χ0n) is 17.9. The summed E-state index contributed by atoms with van der Waals surface area (Å²) in [7, 11) is -3.75. The quantitative estimate of drug-likeness (QED) is 0.576. The number of carbonyl (C=O) groups is 1. The number of aryl methyl sites for hydroxylation is 1. The molecule has 4 rings (SSSR count). The van der Waals surface area contributed by atoms with Gasteiger partial charge in [0.15, 0.2) is 0 Å². The van der Waals surface area contributed by atoms with Gasteiger partial charge in [0.2, 0.25) is 5.91 Å². The van der Waals surface area contributed by atoms with Gasteiger partial charge in [-0.2, -0.15) is 0 Å². The second-order valence-corrected chi connectivity index (χ2v) is 9.81. The average molecular weight is 435 g/mol. The maximum absolute atomic E-state index is 13.6. The zero-order valence-corrected chi connectivity index (χ0v) is 18.7. The molecule has 0 radical (unpaired) electrons. The molecule has 0 N–H and O–H groups in total. The van der Waals surface area contributed by atoms with Crippen molar-refractivity contribution in [3.63, 3.8) is 0 Å². The summed E-state index contributed by atoms with van der Waals surface area (Å²) >= 11 is 0. The van der Waals surface area contributed by atoms with Crippen LogP contribution in [-0.4, -0.2) is 20.4 Å². The van der Waals surface area contributed by atoms with Gasteiger partial charge in [-0.25, -0.2) is 8.42 Å². The van der Waals surface area contributed by atoms with Crippen molar-refractivity contribution in [2.75, 3.05) is 9.21 Å². The molecule has 31 heavy (non-hydrogen) atoms. The lowest BCUT2D eigenvalue weighted by molar-refractivity contribution is -0.117. The number of benzene rings is 3. The van der Waals surface area contributed by atoms with Crippen LogP contribution in [0, 0.1) is 6.92 Å². The Bertz CT molecular complexity index is 1190. The van der Waals surface area contributed by atoms with Gasteiger partial charge < -0.3 is 4.90 Å². The molecule has 2 atom stereocenters. The van der Waals surface area contributed by atoms with E-state index in [-0.39, 0.29) is 22.9 Å². The molecule has 0 aromatic heterocycles. The predicted molar refractivity (Wildman–Crippen MR) is 124 cm³/mol. The molecule has 1 heterocycles. The third-order valence-corrected chi connectivity index (χ3v) is 7.70. The van der Waals surface area contributed by atoms with Crippen molar-refractivity contribution in [3.05, 3.63) is 90.0 Å². The van der Waals surface area contributed by atoms with Crippen LogP contribution in [0.2, 0.25) is 0 Å². The second kappa shape index (κ2) is 8.19. The third kappa shape index (κ3) is 3.83. The molecule has 0 spiro atoms. The molecule has 0 saturated carbocycles. The van der Waals surface area contributed by atoms with Crippen LogP contribution >= 0.6 is 0 Å². The van der Waals surface area contributed by atoms with Crippen molar-refractivity contribution in [2.24, 2.45) is 0 Å². The Kier molecular flexibility index (Phi) is 5.58. The van der Waals surface area contributed by atoms with Crippen LogP contribution < -0.4 is 9.21 Å². The molecule has 6 heteroatoms. The van der Waals surface area contributed by atoms with Crippen molar-refractivity contribution in [1.82, 2.24) is 0 Å². The van der Waals surface area contributed by atoms with E-state index in [1.165, 1.54) is 4.31 Å². The van der Waals surface area contributed by atoms with Crippen LogP contribution in [0.1, 0.15) is 37.4 Å². The third-order valence-electron chi connectivity index (χ3n) is 5.76. The fourth-order valence-corrected chi connectivity index (χ4v) is 6.05. The lowest BCUT2D eigenvalue weighted by Gasteiger charge is -2.43. The van der Waals surface area contributed by atoms with E-state index < -0.39 is 10.0 Å². The molecule has 1 aliphatic heterocycles. The molecule has 0 aliphatic carbocycles. The van der Waals surface area contributed by atoms with Gasteiger partial charge in [0.1, 0.15) is 0 Å². The molecule has 1 amide bonds. The summed E-state index contributed by atoms with van der Waals surface area (Å²) in [5.74, 6) is -0.0759. The first-order valence-electron chi connectivity index (χ1n) is 10.4. The minimum Gasteiger partial charge on any atom is -0.305 e. The highest BCUT2D eigenvalue weighted by Crippen LogP contribution is 2.44. The topological polar surface area (TPSA) is 57.7 Å². The Morgan fingerprint density at radius 1 is 0.935 bits per heavy atom. The zero-order chi connectivity index (χ0) is 22.2. The van der Waals surface area contributed by atoms with E-state index in [0.717, 1.165) is 16.8 Å². The van der Waals surface area contributed by atoms with Crippen LogP contribution in [-0.2, 0) is 14.8 Å². The Balaban J connectivity index is 1.83. The number of carbonyl (C=O) groups excluding carboxylic acids is 1. The van der Waals surface area contributed by atoms with Crippen molar-refractivity contribution in [2.45, 2.75) is 44.2 Å². The Hall–Kier alpha value is -3.12. The van der Waals surface area contributed by atoms with E-state index in [1.54, 1.807) is 24.0 Å². The SMILES string of the molecule is CC(=O)N(c1ccccc1)C1CC(C)N(S(=O)(=O)c2ccc(C)cc2)c2ccccc21. The van der Waals surface area contributed by atoms with Crippen molar-refractivity contribution < 1.29 is 13.2 Å². The molecule has 1 aliphatic rings. The molecule has 3 aromatic rings. The molecule has 3 aromatic carbocycles. The number of hydrogen-bond donors (Lipinski definition) is 0. The van der Waals surface area contributed by atoms with Gasteiger partial charge in [-0.05, 0) is 56.2 Å². The average Bonchev–Trinajstić information content (AvgIpc) is 2.74. The predicted octanol–water partition coefficient (Wildman–Crippen LogP) is 5.08. The van der Waals surface area contributed by atoms with Crippen LogP contribution in [0.25, 0.3) is 0 Å². The summed E-state index contributed by atoms with van der Waals surface area (Å²) in [6.07, 6.45) is 0.497. The van der Waals surface area contributed by atoms with Gasteiger partial charge in [0.25, 0.3) is 10.0 Å². The van der Waals surface area contributed by atoms with E-state index in [1.807, 2.05) is 80.6 Å².